The van der Waals surface area contributed by atoms with Gasteiger partial charge in [-0.2, -0.15) is 0 Å². The van der Waals surface area contributed by atoms with E-state index in [1.54, 1.807) is 6.07 Å². The first-order valence-electron chi connectivity index (χ1n) is 6.43. The summed E-state index contributed by atoms with van der Waals surface area (Å²) in [5, 5.41) is 48.2. The van der Waals surface area contributed by atoms with Crippen LogP contribution in [0.15, 0.2) is 24.3 Å². The molecule has 9 nitrogen and oxygen atoms in total. The number of nitrogen functional groups attached to an aromatic ring is 1. The molecule has 0 amide bonds. The normalized spacial score (nSPS) is 35.1. The highest BCUT2D eigenvalue weighted by atomic mass is 16.8. The van der Waals surface area contributed by atoms with Crippen LogP contribution in [0.25, 0.3) is 0 Å². The van der Waals surface area contributed by atoms with E-state index in [2.05, 4.69) is 0 Å². The molecule has 1 aliphatic rings. The van der Waals surface area contributed by atoms with Crippen LogP contribution in [0.5, 0.6) is 0 Å². The van der Waals surface area contributed by atoms with Crippen molar-refractivity contribution in [2.75, 3.05) is 12.3 Å². The lowest BCUT2D eigenvalue weighted by molar-refractivity contribution is -0.430. The molecule has 1 saturated heterocycles. The molecule has 5 atom stereocenters. The highest BCUT2D eigenvalue weighted by Gasteiger charge is 2.56. The first-order chi connectivity index (χ1) is 10.3. The monoisotopic (exact) mass is 315 g/mol. The quantitative estimate of drug-likeness (QED) is 0.202. The van der Waals surface area contributed by atoms with Gasteiger partial charge in [-0.3, -0.25) is 0 Å². The topological polar surface area (TPSA) is 163 Å². The number of aliphatic hydroxyl groups excluding tert-OH is 4. The molecule has 0 saturated carbocycles. The van der Waals surface area contributed by atoms with Crippen molar-refractivity contribution in [3.63, 3.8) is 0 Å². The summed E-state index contributed by atoms with van der Waals surface area (Å²) in [6.07, 6.45) is -7.15. The summed E-state index contributed by atoms with van der Waals surface area (Å²) in [4.78, 5) is 12.0. The predicted octanol–water partition coefficient (Wildman–Crippen LogP) is -2.45. The van der Waals surface area contributed by atoms with E-state index in [1.807, 2.05) is 0 Å². The molecule has 0 aromatic heterocycles. The number of anilines is 1. The molecule has 1 aromatic carbocycles. The number of hydrogen-bond donors (Lipinski definition) is 6. The van der Waals surface area contributed by atoms with E-state index in [0.717, 1.165) is 0 Å². The minimum Gasteiger partial charge on any atom is -0.402 e. The van der Waals surface area contributed by atoms with E-state index in [-0.39, 0.29) is 11.3 Å². The summed E-state index contributed by atoms with van der Waals surface area (Å²) in [7, 11) is 0. The lowest BCUT2D eigenvalue weighted by Gasteiger charge is -2.43. The molecule has 1 heterocycles. The number of ether oxygens (including phenoxy) is 2. The molecule has 122 valence electrons. The van der Waals surface area contributed by atoms with Crippen LogP contribution in [-0.2, 0) is 9.47 Å². The van der Waals surface area contributed by atoms with E-state index in [4.69, 9.17) is 20.3 Å². The van der Waals surface area contributed by atoms with Crippen molar-refractivity contribution >= 4 is 11.7 Å². The second kappa shape index (κ2) is 6.16. The summed E-state index contributed by atoms with van der Waals surface area (Å²) < 4.78 is 9.50. The maximum Gasteiger partial charge on any atom is 0.357 e. The average molecular weight is 315 g/mol. The van der Waals surface area contributed by atoms with Crippen LogP contribution in [-0.4, -0.2) is 68.5 Å². The Balaban J connectivity index is 2.23. The molecule has 9 heteroatoms. The molecule has 0 aliphatic carbocycles. The molecule has 1 aromatic rings. The van der Waals surface area contributed by atoms with Gasteiger partial charge in [0.25, 0.3) is 0 Å². The Bertz CT molecular complexity index is 551. The first-order valence-corrected chi connectivity index (χ1v) is 6.43. The minimum absolute atomic E-state index is 0.0701. The molecule has 1 aliphatic heterocycles. The molecular weight excluding hydrogens is 298 g/mol. The molecule has 0 radical (unpaired) electrons. The van der Waals surface area contributed by atoms with Gasteiger partial charge in [0.2, 0.25) is 0 Å². The number of nitrogens with two attached hydrogens (primary N) is 1. The third-order valence-corrected chi connectivity index (χ3v) is 3.35. The lowest BCUT2D eigenvalue weighted by atomic mass is 9.98. The third-order valence-electron chi connectivity index (χ3n) is 3.35. The molecule has 7 N–H and O–H groups in total. The van der Waals surface area contributed by atoms with Gasteiger partial charge in [0.05, 0.1) is 12.2 Å². The van der Waals surface area contributed by atoms with Crippen molar-refractivity contribution in [2.45, 2.75) is 30.4 Å². The zero-order chi connectivity index (χ0) is 16.5. The first kappa shape index (κ1) is 16.6. The molecular formula is C13H17NO8. The van der Waals surface area contributed by atoms with Gasteiger partial charge in [-0.05, 0) is 12.1 Å². The van der Waals surface area contributed by atoms with Crippen LogP contribution in [0.4, 0.5) is 5.69 Å². The van der Waals surface area contributed by atoms with Crippen LogP contribution in [0.3, 0.4) is 0 Å². The third kappa shape index (κ3) is 2.90. The molecule has 0 spiro atoms. The molecule has 22 heavy (non-hydrogen) atoms. The van der Waals surface area contributed by atoms with Gasteiger partial charge >= 0.3 is 11.9 Å². The van der Waals surface area contributed by atoms with Gasteiger partial charge in [0.15, 0.2) is 6.10 Å². The number of esters is 1. The number of carbonyl (C=O) groups excluding carboxylic acids is 1. The molecule has 0 unspecified atom stereocenters. The summed E-state index contributed by atoms with van der Waals surface area (Å²) >= 11 is 0. The fourth-order valence-electron chi connectivity index (χ4n) is 2.08. The Morgan fingerprint density at radius 2 is 1.91 bits per heavy atom. The van der Waals surface area contributed by atoms with Crippen LogP contribution in [0.2, 0.25) is 0 Å². The van der Waals surface area contributed by atoms with E-state index in [9.17, 15) is 25.2 Å². The van der Waals surface area contributed by atoms with Gasteiger partial charge in [-0.1, -0.05) is 12.1 Å². The Labute approximate surface area is 125 Å². The number of carbonyl (C=O) groups is 1. The Morgan fingerprint density at radius 3 is 2.50 bits per heavy atom. The van der Waals surface area contributed by atoms with Gasteiger partial charge in [-0.25, -0.2) is 4.79 Å². The summed E-state index contributed by atoms with van der Waals surface area (Å²) in [5.74, 6) is -4.05. The van der Waals surface area contributed by atoms with Crippen molar-refractivity contribution in [1.29, 1.82) is 0 Å². The molecule has 0 bridgehead atoms. The second-order valence-corrected chi connectivity index (χ2v) is 4.87. The lowest BCUT2D eigenvalue weighted by Crippen LogP contribution is -2.66. The summed E-state index contributed by atoms with van der Waals surface area (Å²) in [5.41, 5.74) is 5.57. The van der Waals surface area contributed by atoms with Crippen LogP contribution in [0.1, 0.15) is 10.4 Å². The van der Waals surface area contributed by atoms with E-state index in [1.165, 1.54) is 18.2 Å². The number of benzene rings is 1. The average Bonchev–Trinajstić information content (AvgIpc) is 2.49. The van der Waals surface area contributed by atoms with Gasteiger partial charge in [-0.15, -0.1) is 0 Å². The zero-order valence-corrected chi connectivity index (χ0v) is 11.4. The van der Waals surface area contributed by atoms with Gasteiger partial charge < -0.3 is 40.7 Å². The number of para-hydroxylation sites is 1. The highest BCUT2D eigenvalue weighted by molar-refractivity contribution is 5.95. The maximum atomic E-state index is 12.0. The predicted molar refractivity (Wildman–Crippen MR) is 71.2 cm³/mol. The minimum atomic E-state index is -2.94. The number of hydrogen-bond acceptors (Lipinski definition) is 9. The van der Waals surface area contributed by atoms with Gasteiger partial charge in [0.1, 0.15) is 18.3 Å². The number of rotatable bonds is 3. The van der Waals surface area contributed by atoms with Crippen molar-refractivity contribution in [1.82, 2.24) is 0 Å². The van der Waals surface area contributed by atoms with Crippen molar-refractivity contribution < 1.29 is 39.8 Å². The highest BCUT2D eigenvalue weighted by Crippen LogP contribution is 2.30. The van der Waals surface area contributed by atoms with Crippen molar-refractivity contribution in [3.8, 4) is 0 Å². The Morgan fingerprint density at radius 1 is 1.27 bits per heavy atom. The SMILES string of the molecule is Nc1ccccc1C(=O)O[C@@]1(O)O[C@H](CO)[C@@H](O)[C@H](O)[C@@H]1O. The smallest absolute Gasteiger partial charge is 0.357 e. The molecule has 2 rings (SSSR count). The summed E-state index contributed by atoms with van der Waals surface area (Å²) in [6.45, 7) is -0.779. The molecule has 1 fully saturated rings. The van der Waals surface area contributed by atoms with E-state index >= 15 is 0 Å². The largest absolute Gasteiger partial charge is 0.402 e. The van der Waals surface area contributed by atoms with Crippen LogP contribution < -0.4 is 5.73 Å². The zero-order valence-electron chi connectivity index (χ0n) is 11.4. The van der Waals surface area contributed by atoms with Crippen molar-refractivity contribution in [2.24, 2.45) is 0 Å². The standard InChI is InChI=1S/C13H17NO8/c14-7-4-2-1-3-6(7)12(19)22-13(20)11(18)10(17)9(16)8(5-15)21-13/h1-4,8-11,15-18,20H,5,14H2/t8-,9-,10+,11+,13+/m1/s1. The Hall–Kier alpha value is -1.75. The number of aliphatic hydroxyl groups is 5. The fourth-order valence-corrected chi connectivity index (χ4v) is 2.08. The second-order valence-electron chi connectivity index (χ2n) is 4.87. The fraction of sp³-hybridized carbons (Fsp3) is 0.462. The summed E-state index contributed by atoms with van der Waals surface area (Å²) in [6, 6.07) is 5.83. The van der Waals surface area contributed by atoms with Gasteiger partial charge in [0, 0.05) is 5.69 Å². The van der Waals surface area contributed by atoms with E-state index in [0.29, 0.717) is 0 Å². The Kier molecular flexibility index (Phi) is 4.66. The van der Waals surface area contributed by atoms with E-state index < -0.39 is 43.0 Å². The van der Waals surface area contributed by atoms with Crippen molar-refractivity contribution in [3.05, 3.63) is 29.8 Å². The van der Waals surface area contributed by atoms with Crippen LogP contribution >= 0.6 is 0 Å². The van der Waals surface area contributed by atoms with Crippen LogP contribution in [0, 0.1) is 0 Å². The maximum absolute atomic E-state index is 12.0.